The molecule has 0 aliphatic rings. The normalized spacial score (nSPS) is 10.8. The molecule has 1 heterocycles. The number of halogens is 1. The lowest BCUT2D eigenvalue weighted by molar-refractivity contribution is 0.707. The number of aromatic amines is 1. The zero-order valence-corrected chi connectivity index (χ0v) is 12.3. The molecule has 3 nitrogen and oxygen atoms in total. The second-order valence-corrected chi connectivity index (χ2v) is 5.29. The highest BCUT2D eigenvalue weighted by Gasteiger charge is 2.08. The number of rotatable bonds is 5. The van der Waals surface area contributed by atoms with Crippen LogP contribution >= 0.6 is 15.9 Å². The average Bonchev–Trinajstić information content (AvgIpc) is 2.71. The lowest BCUT2D eigenvalue weighted by Gasteiger charge is -1.99. The first kappa shape index (κ1) is 13.3. The molecular formula is C14H18BrN3. The van der Waals surface area contributed by atoms with Gasteiger partial charge < -0.3 is 10.3 Å². The number of benzene rings is 1. The van der Waals surface area contributed by atoms with Crippen LogP contribution in [0.25, 0.3) is 11.3 Å². The van der Waals surface area contributed by atoms with Crippen molar-refractivity contribution in [3.63, 3.8) is 0 Å². The van der Waals surface area contributed by atoms with E-state index in [1.165, 1.54) is 0 Å². The van der Waals surface area contributed by atoms with E-state index in [1.54, 1.807) is 0 Å². The summed E-state index contributed by atoms with van der Waals surface area (Å²) in [6, 6.07) is 8.25. The van der Waals surface area contributed by atoms with Gasteiger partial charge >= 0.3 is 0 Å². The number of nitrogens with one attached hydrogen (secondary N) is 2. The summed E-state index contributed by atoms with van der Waals surface area (Å²) in [5.41, 5.74) is 3.33. The van der Waals surface area contributed by atoms with Gasteiger partial charge in [-0.1, -0.05) is 28.1 Å². The van der Waals surface area contributed by atoms with Crippen LogP contribution in [0.15, 0.2) is 28.7 Å². The van der Waals surface area contributed by atoms with Gasteiger partial charge in [0, 0.05) is 22.2 Å². The highest BCUT2D eigenvalue weighted by Crippen LogP contribution is 2.24. The molecule has 0 aliphatic heterocycles. The lowest BCUT2D eigenvalue weighted by atomic mass is 10.1. The maximum Gasteiger partial charge on any atom is 0.107 e. The molecule has 0 spiro atoms. The molecule has 0 aliphatic carbocycles. The summed E-state index contributed by atoms with van der Waals surface area (Å²) in [7, 11) is 1.97. The Balaban J connectivity index is 2.18. The topological polar surface area (TPSA) is 40.7 Å². The van der Waals surface area contributed by atoms with Gasteiger partial charge in [0.15, 0.2) is 0 Å². The molecule has 1 aromatic carbocycles. The van der Waals surface area contributed by atoms with Gasteiger partial charge in [-0.25, -0.2) is 4.98 Å². The fourth-order valence-corrected chi connectivity index (χ4v) is 2.39. The number of aryl methyl sites for hydroxylation is 2. The fourth-order valence-electron chi connectivity index (χ4n) is 1.99. The molecule has 0 amide bonds. The largest absolute Gasteiger partial charge is 0.346 e. The summed E-state index contributed by atoms with van der Waals surface area (Å²) in [4.78, 5) is 8.06. The molecule has 2 rings (SSSR count). The molecular weight excluding hydrogens is 290 g/mol. The van der Waals surface area contributed by atoms with E-state index in [2.05, 4.69) is 50.3 Å². The van der Waals surface area contributed by atoms with Crippen molar-refractivity contribution in [2.75, 3.05) is 13.6 Å². The van der Waals surface area contributed by atoms with E-state index in [0.29, 0.717) is 0 Å². The van der Waals surface area contributed by atoms with Crippen molar-refractivity contribution in [3.8, 4) is 11.3 Å². The van der Waals surface area contributed by atoms with Crippen LogP contribution < -0.4 is 5.32 Å². The summed E-state index contributed by atoms with van der Waals surface area (Å²) in [6.07, 6.45) is 2.08. The van der Waals surface area contributed by atoms with Crippen LogP contribution in [0.5, 0.6) is 0 Å². The lowest BCUT2D eigenvalue weighted by Crippen LogP contribution is -2.08. The van der Waals surface area contributed by atoms with Gasteiger partial charge in [-0.3, -0.25) is 0 Å². The first-order valence-electron chi connectivity index (χ1n) is 6.16. The minimum atomic E-state index is 0.982. The summed E-state index contributed by atoms with van der Waals surface area (Å²) in [5, 5.41) is 3.15. The second-order valence-electron chi connectivity index (χ2n) is 4.37. The minimum absolute atomic E-state index is 0.982. The molecule has 4 heteroatoms. The third kappa shape index (κ3) is 3.21. The van der Waals surface area contributed by atoms with Gasteiger partial charge in [-0.15, -0.1) is 0 Å². The first-order chi connectivity index (χ1) is 8.70. The number of imidazole rings is 1. The van der Waals surface area contributed by atoms with Crippen molar-refractivity contribution >= 4 is 15.9 Å². The molecule has 0 unspecified atom stereocenters. The third-order valence-electron chi connectivity index (χ3n) is 2.87. The zero-order chi connectivity index (χ0) is 13.0. The SMILES string of the molecule is CNCCCc1nc(-c2cccc(Br)c2)c(C)[nH]1. The molecule has 0 radical (unpaired) electrons. The number of H-pyrrole nitrogens is 1. The molecule has 18 heavy (non-hydrogen) atoms. The van der Waals surface area contributed by atoms with Crippen LogP contribution in [0.4, 0.5) is 0 Å². The standard InChI is InChI=1S/C14H18BrN3/c1-10-14(11-5-3-6-12(15)9-11)18-13(17-10)7-4-8-16-2/h3,5-6,9,16H,4,7-8H2,1-2H3,(H,17,18). The van der Waals surface area contributed by atoms with Gasteiger partial charge in [0.2, 0.25) is 0 Å². The molecule has 1 aromatic heterocycles. The van der Waals surface area contributed by atoms with Crippen molar-refractivity contribution in [2.24, 2.45) is 0 Å². The van der Waals surface area contributed by atoms with Crippen molar-refractivity contribution in [3.05, 3.63) is 40.3 Å². The Hall–Kier alpha value is -1.13. The highest BCUT2D eigenvalue weighted by atomic mass is 79.9. The van der Waals surface area contributed by atoms with E-state index >= 15 is 0 Å². The van der Waals surface area contributed by atoms with E-state index in [1.807, 2.05) is 19.2 Å². The van der Waals surface area contributed by atoms with Crippen LogP contribution in [0.2, 0.25) is 0 Å². The molecule has 0 bridgehead atoms. The maximum atomic E-state index is 4.69. The number of hydrogen-bond donors (Lipinski definition) is 2. The molecule has 0 saturated heterocycles. The van der Waals surface area contributed by atoms with Crippen molar-refractivity contribution in [2.45, 2.75) is 19.8 Å². The predicted octanol–water partition coefficient (Wildman–Crippen LogP) is 3.30. The van der Waals surface area contributed by atoms with Gasteiger partial charge in [0.25, 0.3) is 0 Å². The average molecular weight is 308 g/mol. The van der Waals surface area contributed by atoms with Crippen LogP contribution in [-0.4, -0.2) is 23.6 Å². The number of aromatic nitrogens is 2. The van der Waals surface area contributed by atoms with E-state index in [9.17, 15) is 0 Å². The molecule has 2 aromatic rings. The van der Waals surface area contributed by atoms with Crippen LogP contribution in [-0.2, 0) is 6.42 Å². The smallest absolute Gasteiger partial charge is 0.107 e. The van der Waals surface area contributed by atoms with E-state index in [-0.39, 0.29) is 0 Å². The molecule has 0 saturated carbocycles. The predicted molar refractivity (Wildman–Crippen MR) is 78.7 cm³/mol. The van der Waals surface area contributed by atoms with Crippen LogP contribution in [0, 0.1) is 6.92 Å². The van der Waals surface area contributed by atoms with Crippen molar-refractivity contribution in [1.29, 1.82) is 0 Å². The fraction of sp³-hybridized carbons (Fsp3) is 0.357. The quantitative estimate of drug-likeness (QED) is 0.832. The van der Waals surface area contributed by atoms with Gasteiger partial charge in [-0.05, 0) is 39.1 Å². The van der Waals surface area contributed by atoms with E-state index in [0.717, 1.165) is 46.6 Å². The third-order valence-corrected chi connectivity index (χ3v) is 3.37. The van der Waals surface area contributed by atoms with Crippen LogP contribution in [0.1, 0.15) is 17.9 Å². The van der Waals surface area contributed by atoms with Crippen LogP contribution in [0.3, 0.4) is 0 Å². The van der Waals surface area contributed by atoms with Gasteiger partial charge in [0.05, 0.1) is 5.69 Å². The number of hydrogen-bond acceptors (Lipinski definition) is 2. The Bertz CT molecular complexity index is 520. The van der Waals surface area contributed by atoms with E-state index in [4.69, 9.17) is 0 Å². The number of nitrogens with zero attached hydrogens (tertiary/aromatic N) is 1. The summed E-state index contributed by atoms with van der Waals surface area (Å²) >= 11 is 3.50. The molecule has 0 atom stereocenters. The summed E-state index contributed by atoms with van der Waals surface area (Å²) in [6.45, 7) is 3.09. The molecule has 0 fully saturated rings. The Morgan fingerprint density at radius 2 is 2.22 bits per heavy atom. The molecule has 2 N–H and O–H groups in total. The Morgan fingerprint density at radius 1 is 1.39 bits per heavy atom. The van der Waals surface area contributed by atoms with Crippen molar-refractivity contribution < 1.29 is 0 Å². The Morgan fingerprint density at radius 3 is 2.94 bits per heavy atom. The summed E-state index contributed by atoms with van der Waals surface area (Å²) in [5.74, 6) is 1.07. The van der Waals surface area contributed by atoms with Gasteiger partial charge in [-0.2, -0.15) is 0 Å². The van der Waals surface area contributed by atoms with Gasteiger partial charge in [0.1, 0.15) is 5.82 Å². The maximum absolute atomic E-state index is 4.69. The van der Waals surface area contributed by atoms with E-state index < -0.39 is 0 Å². The second kappa shape index (κ2) is 6.16. The monoisotopic (exact) mass is 307 g/mol. The Labute approximate surface area is 116 Å². The minimum Gasteiger partial charge on any atom is -0.346 e. The Kier molecular flexibility index (Phi) is 4.55. The first-order valence-corrected chi connectivity index (χ1v) is 6.96. The summed E-state index contributed by atoms with van der Waals surface area (Å²) < 4.78 is 1.08. The zero-order valence-electron chi connectivity index (χ0n) is 10.8. The molecule has 96 valence electrons. The van der Waals surface area contributed by atoms with Crippen molar-refractivity contribution in [1.82, 2.24) is 15.3 Å². The highest BCUT2D eigenvalue weighted by molar-refractivity contribution is 9.10.